The van der Waals surface area contributed by atoms with Crippen molar-refractivity contribution in [3.8, 4) is 11.5 Å². The Labute approximate surface area is 173 Å². The van der Waals surface area contributed by atoms with Crippen LogP contribution in [0.5, 0.6) is 11.5 Å². The maximum Gasteiger partial charge on any atom is 0.317 e. The van der Waals surface area contributed by atoms with Crippen molar-refractivity contribution in [2.45, 2.75) is 25.6 Å². The maximum atomic E-state index is 14.0. The lowest BCUT2D eigenvalue weighted by atomic mass is 9.79. The smallest absolute Gasteiger partial charge is 0.317 e. The molecule has 0 spiro atoms. The fourth-order valence-electron chi connectivity index (χ4n) is 4.09. The van der Waals surface area contributed by atoms with Gasteiger partial charge in [0.1, 0.15) is 23.2 Å². The topological polar surface area (TPSA) is 60.0 Å². The fourth-order valence-corrected chi connectivity index (χ4v) is 4.50. The standard InChI is InChI=1S/C21H21FN2O4S/c1-4-27-19(25)17-18-15-11-14(26-3)8-9-16(15)28-21(17,2)24(20(29)23-18)13-7-5-6-12(22)10-13/h5-11,17-18H,4H2,1-3H3,(H,23,29)/t17-,18-,21+/m1/s1. The van der Waals surface area contributed by atoms with Crippen LogP contribution in [0, 0.1) is 11.7 Å². The van der Waals surface area contributed by atoms with Gasteiger partial charge in [-0.2, -0.15) is 0 Å². The molecule has 6 nitrogen and oxygen atoms in total. The van der Waals surface area contributed by atoms with Crippen LogP contribution >= 0.6 is 12.2 Å². The summed E-state index contributed by atoms with van der Waals surface area (Å²) in [6.45, 7) is 3.75. The zero-order valence-corrected chi connectivity index (χ0v) is 17.1. The molecular weight excluding hydrogens is 395 g/mol. The molecule has 29 heavy (non-hydrogen) atoms. The number of methoxy groups -OCH3 is 1. The molecule has 2 bridgehead atoms. The van der Waals surface area contributed by atoms with Crippen molar-refractivity contribution >= 4 is 29.0 Å². The molecule has 4 rings (SSSR count). The van der Waals surface area contributed by atoms with Gasteiger partial charge in [-0.15, -0.1) is 0 Å². The van der Waals surface area contributed by atoms with Crippen molar-refractivity contribution < 1.29 is 23.4 Å². The van der Waals surface area contributed by atoms with Gasteiger partial charge in [0.2, 0.25) is 5.72 Å². The summed E-state index contributed by atoms with van der Waals surface area (Å²) in [4.78, 5) is 14.6. The predicted octanol–water partition coefficient (Wildman–Crippen LogP) is 3.56. The number of carbonyl (C=O) groups excluding carboxylic acids is 1. The second-order valence-electron chi connectivity index (χ2n) is 7.03. The first-order valence-corrected chi connectivity index (χ1v) is 9.69. The van der Waals surface area contributed by atoms with Gasteiger partial charge in [0.15, 0.2) is 5.11 Å². The average molecular weight is 416 g/mol. The molecule has 0 amide bonds. The van der Waals surface area contributed by atoms with Gasteiger partial charge in [-0.1, -0.05) is 6.07 Å². The highest BCUT2D eigenvalue weighted by Gasteiger charge is 2.60. The molecule has 0 aliphatic carbocycles. The van der Waals surface area contributed by atoms with Crippen molar-refractivity contribution in [3.63, 3.8) is 0 Å². The molecule has 0 saturated carbocycles. The molecule has 2 heterocycles. The molecule has 152 valence electrons. The van der Waals surface area contributed by atoms with Crippen LogP contribution in [0.15, 0.2) is 42.5 Å². The number of rotatable bonds is 4. The Balaban J connectivity index is 1.89. The first kappa shape index (κ1) is 19.4. The van der Waals surface area contributed by atoms with Crippen LogP contribution in [0.3, 0.4) is 0 Å². The van der Waals surface area contributed by atoms with E-state index in [-0.39, 0.29) is 6.61 Å². The number of esters is 1. The molecule has 0 aromatic heterocycles. The quantitative estimate of drug-likeness (QED) is 0.604. The van der Waals surface area contributed by atoms with E-state index < -0.39 is 29.5 Å². The van der Waals surface area contributed by atoms with E-state index in [1.165, 1.54) is 12.1 Å². The number of anilines is 1. The molecule has 2 aliphatic heterocycles. The van der Waals surface area contributed by atoms with Crippen molar-refractivity contribution in [3.05, 3.63) is 53.8 Å². The molecule has 1 fully saturated rings. The molecule has 1 saturated heterocycles. The van der Waals surface area contributed by atoms with Crippen molar-refractivity contribution in [1.82, 2.24) is 5.32 Å². The van der Waals surface area contributed by atoms with E-state index in [4.69, 9.17) is 26.4 Å². The number of nitrogens with zero attached hydrogens (tertiary/aromatic N) is 1. The van der Waals surface area contributed by atoms with E-state index >= 15 is 0 Å². The predicted molar refractivity (Wildman–Crippen MR) is 110 cm³/mol. The molecule has 0 unspecified atom stereocenters. The van der Waals surface area contributed by atoms with Crippen molar-refractivity contribution in [1.29, 1.82) is 0 Å². The highest BCUT2D eigenvalue weighted by atomic mass is 32.1. The fraction of sp³-hybridized carbons (Fsp3) is 0.333. The highest BCUT2D eigenvalue weighted by Crippen LogP contribution is 2.50. The van der Waals surface area contributed by atoms with Gasteiger partial charge in [-0.3, -0.25) is 9.69 Å². The number of hydrogen-bond donors (Lipinski definition) is 1. The Morgan fingerprint density at radius 1 is 1.34 bits per heavy atom. The van der Waals surface area contributed by atoms with Crippen molar-refractivity contribution in [2.75, 3.05) is 18.6 Å². The lowest BCUT2D eigenvalue weighted by molar-refractivity contribution is -0.159. The number of thiocarbonyl (C=S) groups is 1. The number of hydrogen-bond acceptors (Lipinski definition) is 5. The van der Waals surface area contributed by atoms with Gasteiger partial charge in [0.25, 0.3) is 0 Å². The number of halogens is 1. The molecule has 1 N–H and O–H groups in total. The van der Waals surface area contributed by atoms with E-state index in [0.717, 1.165) is 5.56 Å². The summed E-state index contributed by atoms with van der Waals surface area (Å²) in [7, 11) is 1.57. The summed E-state index contributed by atoms with van der Waals surface area (Å²) in [5.74, 6) is -0.361. The summed E-state index contributed by atoms with van der Waals surface area (Å²) in [6, 6.07) is 10.9. The van der Waals surface area contributed by atoms with Gasteiger partial charge in [0, 0.05) is 11.3 Å². The first-order valence-electron chi connectivity index (χ1n) is 9.29. The van der Waals surface area contributed by atoms with Crippen LogP contribution < -0.4 is 19.7 Å². The molecule has 3 atom stereocenters. The van der Waals surface area contributed by atoms with E-state index in [1.54, 1.807) is 50.1 Å². The molecular formula is C21H21FN2O4S. The lowest BCUT2D eigenvalue weighted by Crippen LogP contribution is -2.71. The van der Waals surface area contributed by atoms with Gasteiger partial charge in [-0.25, -0.2) is 4.39 Å². The Morgan fingerprint density at radius 3 is 2.83 bits per heavy atom. The monoisotopic (exact) mass is 416 g/mol. The molecule has 2 aromatic carbocycles. The minimum Gasteiger partial charge on any atom is -0.497 e. The molecule has 2 aromatic rings. The zero-order chi connectivity index (χ0) is 20.8. The second kappa shape index (κ2) is 7.18. The molecule has 8 heteroatoms. The van der Waals surface area contributed by atoms with E-state index in [2.05, 4.69) is 5.32 Å². The largest absolute Gasteiger partial charge is 0.497 e. The number of benzene rings is 2. The maximum absolute atomic E-state index is 14.0. The van der Waals surface area contributed by atoms with Gasteiger partial charge in [0.05, 0.1) is 19.8 Å². The first-order chi connectivity index (χ1) is 13.9. The van der Waals surface area contributed by atoms with Gasteiger partial charge < -0.3 is 19.5 Å². The van der Waals surface area contributed by atoms with Crippen molar-refractivity contribution in [2.24, 2.45) is 5.92 Å². The minimum atomic E-state index is -1.21. The summed E-state index contributed by atoms with van der Waals surface area (Å²) in [5, 5.41) is 3.57. The van der Waals surface area contributed by atoms with E-state index in [9.17, 15) is 9.18 Å². The minimum absolute atomic E-state index is 0.230. The van der Waals surface area contributed by atoms with Gasteiger partial charge in [-0.05, 0) is 62.5 Å². The number of fused-ring (bicyclic) bond motifs is 4. The number of nitrogens with one attached hydrogen (secondary N) is 1. The highest BCUT2D eigenvalue weighted by molar-refractivity contribution is 7.80. The Kier molecular flexibility index (Phi) is 4.82. The van der Waals surface area contributed by atoms with Crippen LogP contribution in [0.1, 0.15) is 25.5 Å². The Morgan fingerprint density at radius 2 is 2.14 bits per heavy atom. The third-order valence-electron chi connectivity index (χ3n) is 5.31. The van der Waals surface area contributed by atoms with Crippen LogP contribution in [0.25, 0.3) is 0 Å². The third kappa shape index (κ3) is 3.07. The summed E-state index contributed by atoms with van der Waals surface area (Å²) in [5.41, 5.74) is 0.0186. The summed E-state index contributed by atoms with van der Waals surface area (Å²) in [6.07, 6.45) is 0. The average Bonchev–Trinajstić information content (AvgIpc) is 2.67. The Hall–Kier alpha value is -2.87. The molecule has 2 aliphatic rings. The van der Waals surface area contributed by atoms with Crippen LogP contribution in [-0.4, -0.2) is 30.5 Å². The summed E-state index contributed by atoms with van der Waals surface area (Å²) < 4.78 is 31.0. The SMILES string of the molecule is CCOC(=O)[C@H]1[C@@H]2NC(=S)N(c3cccc(F)c3)[C@@]1(C)Oc1ccc(OC)cc12. The van der Waals surface area contributed by atoms with Crippen LogP contribution in [-0.2, 0) is 9.53 Å². The third-order valence-corrected chi connectivity index (χ3v) is 5.61. The Bertz CT molecular complexity index is 985. The van der Waals surface area contributed by atoms with Crippen LogP contribution in [0.2, 0.25) is 0 Å². The van der Waals surface area contributed by atoms with E-state index in [0.29, 0.717) is 22.3 Å². The number of ether oxygens (including phenoxy) is 3. The van der Waals surface area contributed by atoms with E-state index in [1.807, 2.05) is 6.07 Å². The zero-order valence-electron chi connectivity index (χ0n) is 16.3. The lowest BCUT2D eigenvalue weighted by Gasteiger charge is -2.55. The normalized spacial score (nSPS) is 24.8. The molecule has 0 radical (unpaired) electrons. The van der Waals surface area contributed by atoms with Gasteiger partial charge >= 0.3 is 5.97 Å². The second-order valence-corrected chi connectivity index (χ2v) is 7.42. The number of carbonyl (C=O) groups is 1. The van der Waals surface area contributed by atoms with Crippen LogP contribution in [0.4, 0.5) is 10.1 Å². The summed E-state index contributed by atoms with van der Waals surface area (Å²) >= 11 is 5.60.